The van der Waals surface area contributed by atoms with E-state index in [4.69, 9.17) is 27.8 Å². The highest BCUT2D eigenvalue weighted by atomic mass is 31.2. The van der Waals surface area contributed by atoms with Gasteiger partial charge < -0.3 is 28.9 Å². The molecule has 0 radical (unpaired) electrons. The molecule has 0 aromatic heterocycles. The fourth-order valence-corrected chi connectivity index (χ4v) is 4.24. The lowest BCUT2D eigenvalue weighted by Crippen LogP contribution is -2.60. The highest BCUT2D eigenvalue weighted by Crippen LogP contribution is 2.54. The van der Waals surface area contributed by atoms with E-state index in [-0.39, 0.29) is 6.61 Å². The average molecular weight is 518 g/mol. The number of methoxy groups -OCH3 is 1. The molecule has 186 valence electrons. The van der Waals surface area contributed by atoms with Crippen LogP contribution in [0, 0.1) is 0 Å². The fourth-order valence-electron chi connectivity index (χ4n) is 2.38. The second-order valence-corrected chi connectivity index (χ2v) is 10.5. The zero-order valence-electron chi connectivity index (χ0n) is 17.6. The summed E-state index contributed by atoms with van der Waals surface area (Å²) in [6.07, 6.45) is -7.18. The Morgan fingerprint density at radius 1 is 0.742 bits per heavy atom. The molecule has 0 spiro atoms. The van der Waals surface area contributed by atoms with E-state index in [0.717, 1.165) is 34.9 Å². The van der Waals surface area contributed by atoms with E-state index in [1.807, 2.05) is 6.92 Å². The molecule has 0 amide bonds. The van der Waals surface area contributed by atoms with Crippen molar-refractivity contribution < 1.29 is 69.7 Å². The number of phosphoric ester groups is 3. The molecule has 18 heteroatoms. The maximum atomic E-state index is 12.1. The Kier molecular flexibility index (Phi) is 11.9. The summed E-state index contributed by atoms with van der Waals surface area (Å²) in [5.74, 6) is 0. The zero-order chi connectivity index (χ0) is 23.9. The van der Waals surface area contributed by atoms with Gasteiger partial charge in [-0.15, -0.1) is 0 Å². The standard InChI is InChI=1S/C13H29O15P3/c1-6-7-8-24-13-11(28-31(18,19)23-5)9(26-29(14,15)21-3)10(12(20-2)25-13)27-30(16,17)22-4/h9-13H,6-8H2,1-5H3,(H,14,15)(H,16,17)(H,18,19)/t9-,10-,11-,12?,13-/m0/s1. The lowest BCUT2D eigenvalue weighted by Gasteiger charge is -2.44. The Hall–Kier alpha value is 0.210. The molecule has 0 aromatic rings. The Bertz CT molecular complexity index is 689. The number of ether oxygens (including phenoxy) is 3. The number of hydrogen-bond acceptors (Lipinski definition) is 12. The third-order valence-corrected chi connectivity index (χ3v) is 6.84. The van der Waals surface area contributed by atoms with Crippen LogP contribution in [0.1, 0.15) is 19.8 Å². The van der Waals surface area contributed by atoms with Crippen LogP contribution in [0.2, 0.25) is 0 Å². The summed E-state index contributed by atoms with van der Waals surface area (Å²) < 4.78 is 80.5. The molecule has 1 aliphatic heterocycles. The van der Waals surface area contributed by atoms with Gasteiger partial charge in [0.2, 0.25) is 0 Å². The summed E-state index contributed by atoms with van der Waals surface area (Å²) in [6.45, 7) is 1.97. The number of hydrogen-bond donors (Lipinski definition) is 3. The summed E-state index contributed by atoms with van der Waals surface area (Å²) in [7, 11) is -10.6. The molecule has 1 aliphatic rings. The summed E-state index contributed by atoms with van der Waals surface area (Å²) in [4.78, 5) is 29.4. The molecule has 1 fully saturated rings. The van der Waals surface area contributed by atoms with Crippen molar-refractivity contribution in [2.75, 3.05) is 35.0 Å². The molecule has 1 saturated heterocycles. The maximum absolute atomic E-state index is 12.1. The van der Waals surface area contributed by atoms with Gasteiger partial charge in [-0.3, -0.25) is 27.1 Å². The summed E-state index contributed by atoms with van der Waals surface area (Å²) in [5.41, 5.74) is 0. The van der Waals surface area contributed by atoms with E-state index in [1.54, 1.807) is 0 Å². The summed E-state index contributed by atoms with van der Waals surface area (Å²) >= 11 is 0. The van der Waals surface area contributed by atoms with Crippen molar-refractivity contribution in [1.29, 1.82) is 0 Å². The minimum absolute atomic E-state index is 0.0933. The van der Waals surface area contributed by atoms with Gasteiger partial charge in [0.25, 0.3) is 0 Å². The second kappa shape index (κ2) is 12.6. The van der Waals surface area contributed by atoms with Crippen molar-refractivity contribution >= 4 is 23.5 Å². The average Bonchev–Trinajstić information content (AvgIpc) is 2.71. The molecule has 1 heterocycles. The van der Waals surface area contributed by atoms with Crippen LogP contribution in [-0.2, 0) is 55.0 Å². The quantitative estimate of drug-likeness (QED) is 0.221. The normalized spacial score (nSPS) is 32.7. The Labute approximate surface area is 179 Å². The van der Waals surface area contributed by atoms with Crippen molar-refractivity contribution in [3.63, 3.8) is 0 Å². The van der Waals surface area contributed by atoms with Crippen LogP contribution in [-0.4, -0.2) is 80.6 Å². The Morgan fingerprint density at radius 3 is 1.55 bits per heavy atom. The molecule has 0 bridgehead atoms. The maximum Gasteiger partial charge on any atom is 0.472 e. The molecule has 3 N–H and O–H groups in total. The van der Waals surface area contributed by atoms with Crippen LogP contribution in [0.4, 0.5) is 0 Å². The second-order valence-electron chi connectivity index (χ2n) is 6.00. The molecule has 0 aromatic carbocycles. The predicted octanol–water partition coefficient (Wildman–Crippen LogP) is 1.53. The molecule has 1 rings (SSSR count). The van der Waals surface area contributed by atoms with Gasteiger partial charge in [0.1, 0.15) is 18.3 Å². The molecule has 8 atom stereocenters. The van der Waals surface area contributed by atoms with Crippen molar-refractivity contribution in [3.8, 4) is 0 Å². The molecular formula is C13H29O15P3. The van der Waals surface area contributed by atoms with Gasteiger partial charge in [-0.25, -0.2) is 13.7 Å². The first-order valence-electron chi connectivity index (χ1n) is 8.86. The number of rotatable bonds is 14. The van der Waals surface area contributed by atoms with Crippen molar-refractivity contribution in [1.82, 2.24) is 0 Å². The molecular weight excluding hydrogens is 489 g/mol. The van der Waals surface area contributed by atoms with E-state index >= 15 is 0 Å². The van der Waals surface area contributed by atoms with Crippen LogP contribution in [0.25, 0.3) is 0 Å². The van der Waals surface area contributed by atoms with Crippen LogP contribution in [0.5, 0.6) is 0 Å². The summed E-state index contributed by atoms with van der Waals surface area (Å²) in [6, 6.07) is 0. The van der Waals surface area contributed by atoms with Gasteiger partial charge in [-0.2, -0.15) is 0 Å². The van der Waals surface area contributed by atoms with Crippen LogP contribution < -0.4 is 0 Å². The first-order chi connectivity index (χ1) is 14.3. The molecule has 4 unspecified atom stereocenters. The molecule has 0 aliphatic carbocycles. The van der Waals surface area contributed by atoms with Crippen LogP contribution in [0.3, 0.4) is 0 Å². The van der Waals surface area contributed by atoms with Crippen LogP contribution >= 0.6 is 23.5 Å². The van der Waals surface area contributed by atoms with Gasteiger partial charge in [0, 0.05) is 35.0 Å². The van der Waals surface area contributed by atoms with E-state index in [0.29, 0.717) is 6.42 Å². The summed E-state index contributed by atoms with van der Waals surface area (Å²) in [5, 5.41) is 0. The minimum Gasteiger partial charge on any atom is -0.353 e. The van der Waals surface area contributed by atoms with Gasteiger partial charge in [-0.05, 0) is 6.42 Å². The smallest absolute Gasteiger partial charge is 0.353 e. The van der Waals surface area contributed by atoms with Gasteiger partial charge >= 0.3 is 23.5 Å². The molecule has 15 nitrogen and oxygen atoms in total. The monoisotopic (exact) mass is 518 g/mol. The Balaban J connectivity index is 3.45. The number of unbranched alkanes of at least 4 members (excludes halogenated alkanes) is 1. The van der Waals surface area contributed by atoms with Gasteiger partial charge in [-0.1, -0.05) is 13.3 Å². The largest absolute Gasteiger partial charge is 0.472 e. The predicted molar refractivity (Wildman–Crippen MR) is 102 cm³/mol. The topological polar surface area (TPSA) is 195 Å². The van der Waals surface area contributed by atoms with Gasteiger partial charge in [0.15, 0.2) is 12.6 Å². The van der Waals surface area contributed by atoms with Crippen molar-refractivity contribution in [2.45, 2.75) is 50.7 Å². The van der Waals surface area contributed by atoms with Crippen LogP contribution in [0.15, 0.2) is 0 Å². The third-order valence-electron chi connectivity index (χ3n) is 3.92. The van der Waals surface area contributed by atoms with Crippen molar-refractivity contribution in [3.05, 3.63) is 0 Å². The van der Waals surface area contributed by atoms with Gasteiger partial charge in [0.05, 0.1) is 0 Å². The van der Waals surface area contributed by atoms with E-state index in [2.05, 4.69) is 13.6 Å². The fraction of sp³-hybridized carbons (Fsp3) is 1.00. The lowest BCUT2D eigenvalue weighted by atomic mass is 10.0. The minimum atomic E-state index is -4.81. The number of phosphoric acid groups is 3. The van der Waals surface area contributed by atoms with E-state index in [1.165, 1.54) is 0 Å². The zero-order valence-corrected chi connectivity index (χ0v) is 20.3. The SMILES string of the molecule is CCCCO[C@H]1OC(OC)[C@@H](OP(=O)(O)OC)[C@H](OP(=O)(O)OC)[C@@H]1OP(=O)(O)OC. The Morgan fingerprint density at radius 2 is 1.16 bits per heavy atom. The van der Waals surface area contributed by atoms with E-state index < -0.39 is 54.4 Å². The third kappa shape index (κ3) is 9.17. The molecule has 0 saturated carbocycles. The van der Waals surface area contributed by atoms with Crippen molar-refractivity contribution in [2.24, 2.45) is 0 Å². The molecule has 31 heavy (non-hydrogen) atoms. The highest BCUT2D eigenvalue weighted by Gasteiger charge is 2.55. The lowest BCUT2D eigenvalue weighted by molar-refractivity contribution is -0.337. The highest BCUT2D eigenvalue weighted by molar-refractivity contribution is 7.48. The first kappa shape index (κ1) is 29.2. The van der Waals surface area contributed by atoms with E-state index in [9.17, 15) is 28.4 Å². The first-order valence-corrected chi connectivity index (χ1v) is 13.3.